The van der Waals surface area contributed by atoms with Gasteiger partial charge in [-0.3, -0.25) is 4.79 Å². The van der Waals surface area contributed by atoms with Gasteiger partial charge < -0.3 is 14.8 Å². The summed E-state index contributed by atoms with van der Waals surface area (Å²) in [7, 11) is 1.47. The van der Waals surface area contributed by atoms with E-state index in [9.17, 15) is 14.0 Å². The first-order chi connectivity index (χ1) is 15.9. The fourth-order valence-corrected chi connectivity index (χ4v) is 3.87. The lowest BCUT2D eigenvalue weighted by Gasteiger charge is -2.13. The lowest BCUT2D eigenvalue weighted by atomic mass is 10.1. The number of halogens is 3. The highest BCUT2D eigenvalue weighted by atomic mass is 79.9. The van der Waals surface area contributed by atoms with Gasteiger partial charge in [-0.15, -0.1) is 0 Å². The van der Waals surface area contributed by atoms with Crippen molar-refractivity contribution in [2.45, 2.75) is 6.61 Å². The molecule has 1 aliphatic rings. The van der Waals surface area contributed by atoms with Gasteiger partial charge in [0.15, 0.2) is 11.5 Å². The molecule has 0 radical (unpaired) electrons. The zero-order chi connectivity index (χ0) is 23.5. The van der Waals surface area contributed by atoms with E-state index < -0.39 is 11.9 Å². The number of carbonyl (C=O) groups excluding carboxylic acids is 2. The van der Waals surface area contributed by atoms with E-state index in [0.29, 0.717) is 37.8 Å². The second kappa shape index (κ2) is 9.64. The van der Waals surface area contributed by atoms with Crippen molar-refractivity contribution in [3.8, 4) is 11.5 Å². The molecule has 1 N–H and O–H groups in total. The molecule has 33 heavy (non-hydrogen) atoms. The number of hydrogen-bond acceptors (Lipinski definition) is 4. The van der Waals surface area contributed by atoms with E-state index in [1.165, 1.54) is 25.3 Å². The van der Waals surface area contributed by atoms with Crippen LogP contribution >= 0.6 is 27.5 Å². The number of anilines is 1. The summed E-state index contributed by atoms with van der Waals surface area (Å²) in [6, 6.07) is 15.5. The topological polar surface area (TPSA) is 67.9 Å². The average molecular weight is 532 g/mol. The molecule has 6 nitrogen and oxygen atoms in total. The van der Waals surface area contributed by atoms with Crippen LogP contribution in [0.1, 0.15) is 11.1 Å². The van der Waals surface area contributed by atoms with E-state index in [-0.39, 0.29) is 18.1 Å². The van der Waals surface area contributed by atoms with E-state index in [0.717, 1.165) is 4.90 Å². The Morgan fingerprint density at radius 3 is 2.61 bits per heavy atom. The van der Waals surface area contributed by atoms with Crippen molar-refractivity contribution in [1.82, 2.24) is 5.32 Å². The van der Waals surface area contributed by atoms with E-state index >= 15 is 0 Å². The standard InChI is InChI=1S/C24H17BrClFN2O4/c1-32-21-10-15(18(25)12-22(21)33-13-14-5-2-3-8-19(14)27)9-20-23(30)29(24(31)28-20)17-7-4-6-16(26)11-17/h2-12H,13H2,1H3,(H,28,31)/b20-9+. The van der Waals surface area contributed by atoms with Crippen molar-refractivity contribution in [1.29, 1.82) is 0 Å². The fraction of sp³-hybridized carbons (Fsp3) is 0.0833. The zero-order valence-electron chi connectivity index (χ0n) is 17.3. The third kappa shape index (κ3) is 4.86. The van der Waals surface area contributed by atoms with Crippen molar-refractivity contribution in [2.75, 3.05) is 12.0 Å². The Balaban J connectivity index is 1.60. The quantitative estimate of drug-likeness (QED) is 0.316. The number of urea groups is 1. The summed E-state index contributed by atoms with van der Waals surface area (Å²) in [5.74, 6) is -0.119. The Hall–Kier alpha value is -3.36. The average Bonchev–Trinajstić information content (AvgIpc) is 3.07. The van der Waals surface area contributed by atoms with Crippen LogP contribution < -0.4 is 19.7 Å². The van der Waals surface area contributed by atoms with Crippen LogP contribution in [-0.2, 0) is 11.4 Å². The SMILES string of the molecule is COc1cc(/C=C2/NC(=O)N(c3cccc(Cl)c3)C2=O)c(Br)cc1OCc1ccccc1F. The number of imide groups is 1. The van der Waals surface area contributed by atoms with Crippen LogP contribution in [0.2, 0.25) is 5.02 Å². The molecule has 9 heteroatoms. The summed E-state index contributed by atoms with van der Waals surface area (Å²) in [5, 5.41) is 2.98. The molecular formula is C24H17BrClFN2O4. The summed E-state index contributed by atoms with van der Waals surface area (Å²) in [5.41, 5.74) is 1.42. The molecule has 0 aliphatic carbocycles. The van der Waals surface area contributed by atoms with Crippen LogP contribution in [0, 0.1) is 5.82 Å². The number of nitrogens with zero attached hydrogens (tertiary/aromatic N) is 1. The van der Waals surface area contributed by atoms with Gasteiger partial charge in [0.1, 0.15) is 18.1 Å². The van der Waals surface area contributed by atoms with Crippen LogP contribution in [0.15, 0.2) is 70.8 Å². The minimum absolute atomic E-state index is 0.0129. The minimum Gasteiger partial charge on any atom is -0.493 e. The molecule has 168 valence electrons. The van der Waals surface area contributed by atoms with Crippen molar-refractivity contribution in [2.24, 2.45) is 0 Å². The van der Waals surface area contributed by atoms with Crippen LogP contribution in [0.3, 0.4) is 0 Å². The van der Waals surface area contributed by atoms with E-state index in [1.807, 2.05) is 0 Å². The number of nitrogens with one attached hydrogen (secondary N) is 1. The molecule has 0 atom stereocenters. The fourth-order valence-electron chi connectivity index (χ4n) is 3.25. The van der Waals surface area contributed by atoms with E-state index in [1.54, 1.807) is 48.5 Å². The van der Waals surface area contributed by atoms with E-state index in [2.05, 4.69) is 21.2 Å². The molecule has 3 aromatic carbocycles. The Morgan fingerprint density at radius 1 is 1.09 bits per heavy atom. The van der Waals surface area contributed by atoms with Crippen molar-refractivity contribution in [3.63, 3.8) is 0 Å². The number of methoxy groups -OCH3 is 1. The third-order valence-corrected chi connectivity index (χ3v) is 5.79. The first-order valence-corrected chi connectivity index (χ1v) is 10.9. The van der Waals surface area contributed by atoms with Gasteiger partial charge >= 0.3 is 6.03 Å². The highest BCUT2D eigenvalue weighted by Crippen LogP contribution is 2.36. The molecule has 4 rings (SSSR count). The van der Waals surface area contributed by atoms with Gasteiger partial charge in [0, 0.05) is 15.1 Å². The molecule has 1 saturated heterocycles. The zero-order valence-corrected chi connectivity index (χ0v) is 19.6. The van der Waals surface area contributed by atoms with Crippen LogP contribution in [0.25, 0.3) is 6.08 Å². The molecular weight excluding hydrogens is 515 g/mol. The summed E-state index contributed by atoms with van der Waals surface area (Å²) in [6.07, 6.45) is 1.53. The van der Waals surface area contributed by atoms with Crippen molar-refractivity contribution >= 4 is 51.2 Å². The van der Waals surface area contributed by atoms with Crippen LogP contribution in [-0.4, -0.2) is 19.0 Å². The molecule has 1 fully saturated rings. The molecule has 0 aromatic heterocycles. The summed E-state index contributed by atoms with van der Waals surface area (Å²) in [4.78, 5) is 26.3. The summed E-state index contributed by atoms with van der Waals surface area (Å²) >= 11 is 9.44. The van der Waals surface area contributed by atoms with Gasteiger partial charge in [-0.1, -0.05) is 51.8 Å². The number of benzene rings is 3. The van der Waals surface area contributed by atoms with Gasteiger partial charge in [-0.2, -0.15) is 0 Å². The van der Waals surface area contributed by atoms with Gasteiger partial charge in [0.05, 0.1) is 12.8 Å². The maximum atomic E-state index is 13.9. The third-order valence-electron chi connectivity index (χ3n) is 4.87. The molecule has 0 unspecified atom stereocenters. The maximum absolute atomic E-state index is 13.9. The molecule has 3 aromatic rings. The van der Waals surface area contributed by atoms with Crippen LogP contribution in [0.5, 0.6) is 11.5 Å². The van der Waals surface area contributed by atoms with Gasteiger partial charge in [0.2, 0.25) is 0 Å². The van der Waals surface area contributed by atoms with Crippen LogP contribution in [0.4, 0.5) is 14.9 Å². The Morgan fingerprint density at radius 2 is 1.88 bits per heavy atom. The maximum Gasteiger partial charge on any atom is 0.333 e. The molecule has 0 spiro atoms. The highest BCUT2D eigenvalue weighted by molar-refractivity contribution is 9.10. The van der Waals surface area contributed by atoms with Crippen molar-refractivity contribution in [3.05, 3.63) is 92.8 Å². The predicted molar refractivity (Wildman–Crippen MR) is 127 cm³/mol. The number of hydrogen-bond donors (Lipinski definition) is 1. The summed E-state index contributed by atoms with van der Waals surface area (Å²) < 4.78 is 25.6. The Kier molecular flexibility index (Phi) is 6.67. The molecule has 1 heterocycles. The Bertz CT molecular complexity index is 1280. The number of amides is 3. The summed E-state index contributed by atoms with van der Waals surface area (Å²) in [6.45, 7) is 0.0129. The Labute approximate surface area is 202 Å². The number of ether oxygens (including phenoxy) is 2. The molecule has 3 amide bonds. The lowest BCUT2D eigenvalue weighted by molar-refractivity contribution is -0.113. The highest BCUT2D eigenvalue weighted by Gasteiger charge is 2.35. The molecule has 0 bridgehead atoms. The second-order valence-corrected chi connectivity index (χ2v) is 8.30. The van der Waals surface area contributed by atoms with Gasteiger partial charge in [0.25, 0.3) is 5.91 Å². The lowest BCUT2D eigenvalue weighted by Crippen LogP contribution is -2.30. The van der Waals surface area contributed by atoms with Gasteiger partial charge in [-0.25, -0.2) is 14.1 Å². The first kappa shape index (κ1) is 22.8. The minimum atomic E-state index is -0.582. The second-order valence-electron chi connectivity index (χ2n) is 7.01. The van der Waals surface area contributed by atoms with Gasteiger partial charge in [-0.05, 0) is 48.0 Å². The van der Waals surface area contributed by atoms with Crippen molar-refractivity contribution < 1.29 is 23.5 Å². The molecule has 1 aliphatic heterocycles. The monoisotopic (exact) mass is 530 g/mol. The largest absolute Gasteiger partial charge is 0.493 e. The smallest absolute Gasteiger partial charge is 0.333 e. The first-order valence-electron chi connectivity index (χ1n) is 9.74. The normalized spacial score (nSPS) is 14.5. The number of rotatable bonds is 6. The molecule has 0 saturated carbocycles. The number of carbonyl (C=O) groups is 2. The van der Waals surface area contributed by atoms with E-state index in [4.69, 9.17) is 21.1 Å². The predicted octanol–water partition coefficient (Wildman–Crippen LogP) is 5.93.